The summed E-state index contributed by atoms with van der Waals surface area (Å²) in [5.74, 6) is -0.606. The van der Waals surface area contributed by atoms with Gasteiger partial charge in [-0.05, 0) is 30.3 Å². The number of nitrogens with one attached hydrogen (secondary N) is 3. The van der Waals surface area contributed by atoms with Crippen molar-refractivity contribution >= 4 is 35.8 Å². The second kappa shape index (κ2) is 11.2. The van der Waals surface area contributed by atoms with E-state index in [-0.39, 0.29) is 38.0 Å². The molecule has 0 spiro atoms. The van der Waals surface area contributed by atoms with Crippen molar-refractivity contribution in [2.75, 3.05) is 42.5 Å². The van der Waals surface area contributed by atoms with E-state index in [1.165, 1.54) is 29.0 Å². The number of ether oxygens (including phenoxy) is 1. The van der Waals surface area contributed by atoms with Crippen molar-refractivity contribution in [3.05, 3.63) is 42.3 Å². The second-order valence-corrected chi connectivity index (χ2v) is 7.50. The minimum absolute atomic E-state index is 0.113. The minimum Gasteiger partial charge on any atom is -0.442 e. The average Bonchev–Trinajstić information content (AvgIpc) is 3.21. The van der Waals surface area contributed by atoms with Crippen LogP contribution in [0, 0.1) is 11.2 Å². The van der Waals surface area contributed by atoms with E-state index < -0.39 is 18.0 Å². The van der Waals surface area contributed by atoms with Crippen LogP contribution in [0.15, 0.2) is 36.5 Å². The van der Waals surface area contributed by atoms with Crippen LogP contribution >= 0.6 is 0 Å². The van der Waals surface area contributed by atoms with Crippen molar-refractivity contribution in [3.8, 4) is 11.1 Å². The summed E-state index contributed by atoms with van der Waals surface area (Å²) in [6.45, 7) is 2.24. The van der Waals surface area contributed by atoms with E-state index in [1.54, 1.807) is 24.3 Å². The van der Waals surface area contributed by atoms with Crippen LogP contribution in [0.2, 0.25) is 0 Å². The maximum atomic E-state index is 14.9. The smallest absolute Gasteiger partial charge is 0.414 e. The fourth-order valence-electron chi connectivity index (χ4n) is 3.35. The highest BCUT2D eigenvalue weighted by molar-refractivity contribution is 5.90. The molecule has 1 unspecified atom stereocenters. The number of pyridine rings is 1. The van der Waals surface area contributed by atoms with Gasteiger partial charge in [-0.3, -0.25) is 19.9 Å². The molecule has 34 heavy (non-hydrogen) atoms. The van der Waals surface area contributed by atoms with Crippen LogP contribution in [-0.2, 0) is 14.3 Å². The molecule has 5 N–H and O–H groups in total. The summed E-state index contributed by atoms with van der Waals surface area (Å²) in [5, 5.41) is 12.8. The number of carbonyl (C=O) groups is 3. The molecular formula is C22H26FN7O4. The van der Waals surface area contributed by atoms with Gasteiger partial charge in [0.15, 0.2) is 0 Å². The molecular weight excluding hydrogens is 445 g/mol. The predicted octanol–water partition coefficient (Wildman–Crippen LogP) is 0.837. The number of benzene rings is 1. The predicted molar refractivity (Wildman–Crippen MR) is 124 cm³/mol. The lowest BCUT2D eigenvalue weighted by molar-refractivity contribution is -0.120. The van der Waals surface area contributed by atoms with Crippen molar-refractivity contribution < 1.29 is 23.5 Å². The van der Waals surface area contributed by atoms with E-state index in [9.17, 15) is 18.8 Å². The first kappa shape index (κ1) is 24.6. The van der Waals surface area contributed by atoms with Gasteiger partial charge in [0.05, 0.1) is 31.7 Å². The first-order valence-electron chi connectivity index (χ1n) is 10.5. The summed E-state index contributed by atoms with van der Waals surface area (Å²) >= 11 is 0. The molecule has 0 radical (unpaired) electrons. The van der Waals surface area contributed by atoms with Gasteiger partial charge in [0.1, 0.15) is 17.7 Å². The number of nitrogens with two attached hydrogens (primary N) is 1. The summed E-state index contributed by atoms with van der Waals surface area (Å²) in [7, 11) is 0. The number of nitrogens with zero attached hydrogens (tertiary/aromatic N) is 3. The Morgan fingerprint density at radius 1 is 1.35 bits per heavy atom. The highest BCUT2D eigenvalue weighted by Gasteiger charge is 2.32. The quantitative estimate of drug-likeness (QED) is 0.296. The van der Waals surface area contributed by atoms with Crippen LogP contribution in [0.25, 0.3) is 11.1 Å². The number of hydrogen-bond acceptors (Lipinski definition) is 7. The van der Waals surface area contributed by atoms with Crippen LogP contribution in [0.1, 0.15) is 6.92 Å². The minimum atomic E-state index is -0.608. The molecule has 0 aliphatic carbocycles. The molecule has 0 saturated carbocycles. The van der Waals surface area contributed by atoms with Crippen molar-refractivity contribution in [2.45, 2.75) is 13.0 Å². The average molecular weight is 471 g/mol. The van der Waals surface area contributed by atoms with Crippen LogP contribution in [-0.4, -0.2) is 68.1 Å². The summed E-state index contributed by atoms with van der Waals surface area (Å²) < 4.78 is 20.1. The Labute approximate surface area is 195 Å². The number of halogens is 1. The molecule has 0 bridgehead atoms. The molecule has 11 nitrogen and oxygen atoms in total. The Morgan fingerprint density at radius 2 is 2.15 bits per heavy atom. The zero-order valence-electron chi connectivity index (χ0n) is 18.6. The zero-order valence-corrected chi connectivity index (χ0v) is 18.6. The van der Waals surface area contributed by atoms with Crippen LogP contribution in [0.5, 0.6) is 0 Å². The second-order valence-electron chi connectivity index (χ2n) is 7.50. The summed E-state index contributed by atoms with van der Waals surface area (Å²) in [4.78, 5) is 41.6. The molecule has 180 valence electrons. The standard InChI is InChI=1S/C22H26FN7O4/c1-14(31)27-11-17-12-30(22(33)34-17)16-3-4-18(19(23)8-16)15-2-5-20(28-10-15)29(13-25)7-6-26-21(32)9-24/h2-5,8,10,13,17,25H,6-7,9,11-12,24H2,1H3,(H,26,32)(H,27,31). The summed E-state index contributed by atoms with van der Waals surface area (Å²) in [6.07, 6.45) is 1.44. The van der Waals surface area contributed by atoms with Crippen molar-refractivity contribution in [2.24, 2.45) is 5.73 Å². The Bertz CT molecular complexity index is 1060. The van der Waals surface area contributed by atoms with Gasteiger partial charge >= 0.3 is 6.09 Å². The normalized spacial score (nSPS) is 15.0. The molecule has 1 aliphatic heterocycles. The number of carbonyl (C=O) groups excluding carboxylic acids is 3. The lowest BCUT2D eigenvalue weighted by atomic mass is 10.1. The van der Waals surface area contributed by atoms with E-state index in [0.717, 1.165) is 6.34 Å². The fourth-order valence-corrected chi connectivity index (χ4v) is 3.35. The number of rotatable bonds is 10. The molecule has 1 aromatic heterocycles. The van der Waals surface area contributed by atoms with Crippen molar-refractivity contribution in [3.63, 3.8) is 0 Å². The number of amides is 3. The molecule has 3 rings (SSSR count). The van der Waals surface area contributed by atoms with Gasteiger partial charge in [0, 0.05) is 37.3 Å². The molecule has 1 atom stereocenters. The monoisotopic (exact) mass is 471 g/mol. The van der Waals surface area contributed by atoms with E-state index >= 15 is 0 Å². The van der Waals surface area contributed by atoms with Crippen molar-refractivity contribution in [1.29, 1.82) is 5.41 Å². The third-order valence-corrected chi connectivity index (χ3v) is 5.09. The number of aromatic nitrogens is 1. The van der Waals surface area contributed by atoms with Crippen LogP contribution in [0.4, 0.5) is 20.7 Å². The third-order valence-electron chi connectivity index (χ3n) is 5.09. The lowest BCUT2D eigenvalue weighted by Crippen LogP contribution is -2.37. The SMILES string of the molecule is CC(=O)NCC1CN(c2ccc(-c3ccc(N(C=N)CCNC(=O)CN)nc3)c(F)c2)C(=O)O1. The molecule has 2 heterocycles. The molecule has 12 heteroatoms. The Hall–Kier alpha value is -4.06. The maximum absolute atomic E-state index is 14.9. The Kier molecular flexibility index (Phi) is 8.09. The Balaban J connectivity index is 1.67. The number of anilines is 2. The first-order chi connectivity index (χ1) is 16.3. The molecule has 1 fully saturated rings. The molecule has 1 aromatic carbocycles. The van der Waals surface area contributed by atoms with E-state index in [0.29, 0.717) is 29.2 Å². The van der Waals surface area contributed by atoms with Gasteiger partial charge in [-0.2, -0.15) is 0 Å². The van der Waals surface area contributed by atoms with Gasteiger partial charge in [0.25, 0.3) is 0 Å². The van der Waals surface area contributed by atoms with Crippen LogP contribution < -0.4 is 26.2 Å². The van der Waals surface area contributed by atoms with Gasteiger partial charge in [0.2, 0.25) is 11.8 Å². The number of hydrogen-bond donors (Lipinski definition) is 4. The third kappa shape index (κ3) is 6.04. The largest absolute Gasteiger partial charge is 0.442 e. The van der Waals surface area contributed by atoms with E-state index in [4.69, 9.17) is 15.9 Å². The zero-order chi connectivity index (χ0) is 24.7. The van der Waals surface area contributed by atoms with Crippen molar-refractivity contribution in [1.82, 2.24) is 15.6 Å². The summed E-state index contributed by atoms with van der Waals surface area (Å²) in [5.41, 5.74) is 6.40. The van der Waals surface area contributed by atoms with E-state index in [2.05, 4.69) is 15.6 Å². The molecule has 3 amide bonds. The molecule has 1 aliphatic rings. The topological polar surface area (TPSA) is 154 Å². The van der Waals surface area contributed by atoms with Crippen LogP contribution in [0.3, 0.4) is 0 Å². The first-order valence-corrected chi connectivity index (χ1v) is 10.5. The highest BCUT2D eigenvalue weighted by Crippen LogP contribution is 2.29. The summed E-state index contributed by atoms with van der Waals surface area (Å²) in [6, 6.07) is 7.71. The fraction of sp³-hybridized carbons (Fsp3) is 0.318. The molecule has 1 saturated heterocycles. The Morgan fingerprint density at radius 3 is 2.76 bits per heavy atom. The lowest BCUT2D eigenvalue weighted by Gasteiger charge is -2.18. The van der Waals surface area contributed by atoms with Gasteiger partial charge in [-0.25, -0.2) is 14.2 Å². The van der Waals surface area contributed by atoms with Gasteiger partial charge in [-0.1, -0.05) is 0 Å². The number of cyclic esters (lactones) is 1. The highest BCUT2D eigenvalue weighted by atomic mass is 19.1. The molecule has 2 aromatic rings. The van der Waals surface area contributed by atoms with Gasteiger partial charge < -0.3 is 26.0 Å². The maximum Gasteiger partial charge on any atom is 0.414 e. The van der Waals surface area contributed by atoms with E-state index in [1.807, 2.05) is 0 Å². The van der Waals surface area contributed by atoms with Gasteiger partial charge in [-0.15, -0.1) is 0 Å².